The van der Waals surface area contributed by atoms with E-state index in [0.29, 0.717) is 23.4 Å². The zero-order valence-corrected chi connectivity index (χ0v) is 8.84. The Balaban J connectivity index is 2.20. The summed E-state index contributed by atoms with van der Waals surface area (Å²) in [4.78, 5) is 18.1. The minimum atomic E-state index is -0.340. The van der Waals surface area contributed by atoms with Crippen LogP contribution < -0.4 is 4.74 Å². The molecule has 0 radical (unpaired) electrons. The number of carbonyl (C=O) groups is 1. The maximum Gasteiger partial charge on any atom is 0.159 e. The second-order valence-electron chi connectivity index (χ2n) is 3.23. The number of aromatic nitrogens is 2. The van der Waals surface area contributed by atoms with Crippen LogP contribution in [0.1, 0.15) is 0 Å². The fourth-order valence-corrected chi connectivity index (χ4v) is 1.30. The Bertz CT molecular complexity index is 514. The first-order chi connectivity index (χ1) is 8.29. The molecule has 0 unspecified atom stereocenters. The third-order valence-corrected chi connectivity index (χ3v) is 2.03. The van der Waals surface area contributed by atoms with Gasteiger partial charge in [-0.1, -0.05) is 12.1 Å². The lowest BCUT2D eigenvalue weighted by atomic mass is 10.2. The smallest absolute Gasteiger partial charge is 0.159 e. The van der Waals surface area contributed by atoms with E-state index >= 15 is 0 Å². The van der Waals surface area contributed by atoms with Crippen LogP contribution in [0.2, 0.25) is 0 Å². The van der Waals surface area contributed by atoms with E-state index in [-0.39, 0.29) is 12.4 Å². The van der Waals surface area contributed by atoms with Crippen molar-refractivity contribution in [3.05, 3.63) is 42.5 Å². The first-order valence-electron chi connectivity index (χ1n) is 4.94. The Morgan fingerprint density at radius 3 is 2.71 bits per heavy atom. The van der Waals surface area contributed by atoms with Crippen molar-refractivity contribution in [2.45, 2.75) is 0 Å². The summed E-state index contributed by atoms with van der Waals surface area (Å²) < 4.78 is 18.0. The highest BCUT2D eigenvalue weighted by Gasteiger charge is 2.02. The molecule has 4 nitrogen and oxygen atoms in total. The van der Waals surface area contributed by atoms with Gasteiger partial charge in [0.1, 0.15) is 12.4 Å². The maximum atomic E-state index is 13.0. The van der Waals surface area contributed by atoms with Gasteiger partial charge in [0.15, 0.2) is 17.9 Å². The molecule has 0 aliphatic rings. The number of nitrogens with zero attached hydrogens (tertiary/aromatic N) is 2. The standard InChI is InChI=1S/C12H9FN2O2/c13-10-3-1-2-9(6-10)12-14-7-11(8-15-12)17-5-4-16/h1-4,6-8H,5H2. The van der Waals surface area contributed by atoms with Gasteiger partial charge in [-0.05, 0) is 12.1 Å². The summed E-state index contributed by atoms with van der Waals surface area (Å²) >= 11 is 0. The van der Waals surface area contributed by atoms with Gasteiger partial charge >= 0.3 is 0 Å². The lowest BCUT2D eigenvalue weighted by Gasteiger charge is -2.03. The first-order valence-corrected chi connectivity index (χ1v) is 4.94. The third kappa shape index (κ3) is 2.84. The van der Waals surface area contributed by atoms with Gasteiger partial charge in [0, 0.05) is 5.56 Å². The fourth-order valence-electron chi connectivity index (χ4n) is 1.30. The van der Waals surface area contributed by atoms with Gasteiger partial charge in [0.25, 0.3) is 0 Å². The zero-order valence-electron chi connectivity index (χ0n) is 8.84. The molecule has 1 aromatic carbocycles. The van der Waals surface area contributed by atoms with Crippen molar-refractivity contribution in [3.8, 4) is 17.1 Å². The monoisotopic (exact) mass is 232 g/mol. The average Bonchev–Trinajstić information content (AvgIpc) is 2.37. The largest absolute Gasteiger partial charge is 0.483 e. The molecule has 1 aromatic heterocycles. The van der Waals surface area contributed by atoms with Crippen LogP contribution in [0.5, 0.6) is 5.75 Å². The number of aldehydes is 1. The number of halogens is 1. The second-order valence-corrected chi connectivity index (χ2v) is 3.23. The van der Waals surface area contributed by atoms with Gasteiger partial charge in [-0.2, -0.15) is 0 Å². The topological polar surface area (TPSA) is 52.1 Å². The average molecular weight is 232 g/mol. The molecule has 1 heterocycles. The molecule has 2 aromatic rings. The van der Waals surface area contributed by atoms with E-state index in [0.717, 1.165) is 0 Å². The molecule has 17 heavy (non-hydrogen) atoms. The van der Waals surface area contributed by atoms with E-state index in [9.17, 15) is 9.18 Å². The molecule has 0 N–H and O–H groups in total. The fraction of sp³-hybridized carbons (Fsp3) is 0.0833. The Hall–Kier alpha value is -2.30. The van der Waals surface area contributed by atoms with Gasteiger partial charge in [-0.3, -0.25) is 4.79 Å². The summed E-state index contributed by atoms with van der Waals surface area (Å²) in [7, 11) is 0. The van der Waals surface area contributed by atoms with Gasteiger partial charge in [-0.15, -0.1) is 0 Å². The summed E-state index contributed by atoms with van der Waals surface area (Å²) in [5.74, 6) is 0.465. The number of hydrogen-bond donors (Lipinski definition) is 0. The van der Waals surface area contributed by atoms with E-state index in [1.807, 2.05) is 0 Å². The van der Waals surface area contributed by atoms with Gasteiger partial charge in [0.05, 0.1) is 12.4 Å². The summed E-state index contributed by atoms with van der Waals surface area (Å²) in [5.41, 5.74) is 0.590. The molecule has 0 atom stereocenters. The van der Waals surface area contributed by atoms with Crippen LogP contribution in [0.3, 0.4) is 0 Å². The summed E-state index contributed by atoms with van der Waals surface area (Å²) in [6.07, 6.45) is 3.52. The SMILES string of the molecule is O=CCOc1cnc(-c2cccc(F)c2)nc1. The molecule has 2 rings (SSSR count). The molecule has 0 aliphatic heterocycles. The van der Waals surface area contributed by atoms with Crippen LogP contribution in [-0.2, 0) is 4.79 Å². The highest BCUT2D eigenvalue weighted by Crippen LogP contribution is 2.17. The molecule has 0 bridgehead atoms. The first kappa shape index (κ1) is 11.2. The molecule has 0 fully saturated rings. The molecule has 0 spiro atoms. The number of hydrogen-bond acceptors (Lipinski definition) is 4. The summed E-state index contributed by atoms with van der Waals surface area (Å²) in [6, 6.07) is 6.00. The number of benzene rings is 1. The third-order valence-electron chi connectivity index (χ3n) is 2.03. The minimum Gasteiger partial charge on any atom is -0.483 e. The predicted molar refractivity (Wildman–Crippen MR) is 59.0 cm³/mol. The quantitative estimate of drug-likeness (QED) is 0.755. The van der Waals surface area contributed by atoms with Gasteiger partial charge < -0.3 is 4.74 Å². The molecule has 0 saturated heterocycles. The van der Waals surface area contributed by atoms with E-state index in [1.165, 1.54) is 24.5 Å². The highest BCUT2D eigenvalue weighted by atomic mass is 19.1. The van der Waals surface area contributed by atoms with Crippen molar-refractivity contribution < 1.29 is 13.9 Å². The predicted octanol–water partition coefficient (Wildman–Crippen LogP) is 1.86. The summed E-state index contributed by atoms with van der Waals surface area (Å²) in [6.45, 7) is -0.0390. The lowest BCUT2D eigenvalue weighted by molar-refractivity contribution is -0.109. The van der Waals surface area contributed by atoms with Crippen molar-refractivity contribution in [1.82, 2.24) is 9.97 Å². The molecular weight excluding hydrogens is 223 g/mol. The zero-order chi connectivity index (χ0) is 12.1. The van der Waals surface area contributed by atoms with Crippen LogP contribution >= 0.6 is 0 Å². The molecular formula is C12H9FN2O2. The van der Waals surface area contributed by atoms with Crippen molar-refractivity contribution in [1.29, 1.82) is 0 Å². The Kier molecular flexibility index (Phi) is 3.40. The van der Waals surface area contributed by atoms with Gasteiger partial charge in [-0.25, -0.2) is 14.4 Å². The van der Waals surface area contributed by atoms with Crippen molar-refractivity contribution in [2.24, 2.45) is 0 Å². The normalized spacial score (nSPS) is 9.94. The van der Waals surface area contributed by atoms with Crippen LogP contribution in [-0.4, -0.2) is 22.9 Å². The Morgan fingerprint density at radius 2 is 2.06 bits per heavy atom. The Morgan fingerprint density at radius 1 is 1.29 bits per heavy atom. The van der Waals surface area contributed by atoms with Crippen LogP contribution in [0.4, 0.5) is 4.39 Å². The molecule has 0 saturated carbocycles. The Labute approximate surface area is 97.1 Å². The van der Waals surface area contributed by atoms with Crippen molar-refractivity contribution in [3.63, 3.8) is 0 Å². The molecule has 5 heteroatoms. The van der Waals surface area contributed by atoms with E-state index in [1.54, 1.807) is 12.1 Å². The van der Waals surface area contributed by atoms with E-state index in [4.69, 9.17) is 4.74 Å². The highest BCUT2D eigenvalue weighted by molar-refractivity contribution is 5.55. The molecule has 0 amide bonds. The maximum absolute atomic E-state index is 13.0. The molecule has 86 valence electrons. The van der Waals surface area contributed by atoms with Crippen LogP contribution in [0.25, 0.3) is 11.4 Å². The van der Waals surface area contributed by atoms with Crippen molar-refractivity contribution in [2.75, 3.05) is 6.61 Å². The number of ether oxygens (including phenoxy) is 1. The van der Waals surface area contributed by atoms with Crippen LogP contribution in [0, 0.1) is 5.82 Å². The number of rotatable bonds is 4. The molecule has 0 aliphatic carbocycles. The summed E-state index contributed by atoms with van der Waals surface area (Å²) in [5, 5.41) is 0. The number of carbonyl (C=O) groups excluding carboxylic acids is 1. The van der Waals surface area contributed by atoms with E-state index < -0.39 is 0 Å². The van der Waals surface area contributed by atoms with Crippen LogP contribution in [0.15, 0.2) is 36.7 Å². The van der Waals surface area contributed by atoms with Gasteiger partial charge in [0.2, 0.25) is 0 Å². The van der Waals surface area contributed by atoms with Crippen molar-refractivity contribution >= 4 is 6.29 Å². The van der Waals surface area contributed by atoms with E-state index in [2.05, 4.69) is 9.97 Å². The lowest BCUT2D eigenvalue weighted by Crippen LogP contribution is -1.99. The second kappa shape index (κ2) is 5.16. The minimum absolute atomic E-state index is 0.0390.